The minimum atomic E-state index is -1.37. The molecule has 3 rings (SSSR count). The molecule has 0 radical (unpaired) electrons. The Labute approximate surface area is 141 Å². The predicted octanol–water partition coefficient (Wildman–Crippen LogP) is 1.30. The number of halogens is 1. The zero-order chi connectivity index (χ0) is 17.8. The first kappa shape index (κ1) is 16.4. The number of carbonyl (C=O) groups is 2. The summed E-state index contributed by atoms with van der Waals surface area (Å²) < 4.78 is 23.5. The number of benzene rings is 2. The Morgan fingerprint density at radius 2 is 2.04 bits per heavy atom. The van der Waals surface area contributed by atoms with Crippen molar-refractivity contribution in [3.8, 4) is 5.75 Å². The number of hydrogen-bond acceptors (Lipinski definition) is 6. The highest BCUT2D eigenvalue weighted by atomic mass is 19.1. The number of cyclic esters (lactones) is 1. The summed E-state index contributed by atoms with van der Waals surface area (Å²) in [6.45, 7) is -0.623. The number of esters is 1. The van der Waals surface area contributed by atoms with Crippen molar-refractivity contribution in [1.82, 2.24) is 0 Å². The van der Waals surface area contributed by atoms with Gasteiger partial charge >= 0.3 is 5.97 Å². The fourth-order valence-electron chi connectivity index (χ4n) is 2.17. The molecule has 0 amide bonds. The van der Waals surface area contributed by atoms with Crippen LogP contribution in [0.5, 0.6) is 5.75 Å². The Hall–Kier alpha value is -3.48. The first-order valence-corrected chi connectivity index (χ1v) is 7.23. The van der Waals surface area contributed by atoms with E-state index in [9.17, 15) is 19.1 Å². The van der Waals surface area contributed by atoms with Gasteiger partial charge in [0.1, 0.15) is 18.2 Å². The molecule has 25 heavy (non-hydrogen) atoms. The number of carbonyl (C=O) groups excluding carboxylic acids is 2. The van der Waals surface area contributed by atoms with Gasteiger partial charge in [-0.25, -0.2) is 14.2 Å². The van der Waals surface area contributed by atoms with Crippen molar-refractivity contribution in [2.24, 2.45) is 4.99 Å². The van der Waals surface area contributed by atoms with Crippen LogP contribution >= 0.6 is 0 Å². The van der Waals surface area contributed by atoms with Crippen molar-refractivity contribution in [3.63, 3.8) is 0 Å². The van der Waals surface area contributed by atoms with E-state index >= 15 is 0 Å². The van der Waals surface area contributed by atoms with Gasteiger partial charge in [-0.3, -0.25) is 0 Å². The quantitative estimate of drug-likeness (QED) is 0.605. The highest BCUT2D eigenvalue weighted by Crippen LogP contribution is 2.24. The summed E-state index contributed by atoms with van der Waals surface area (Å²) in [4.78, 5) is 26.6. The number of nitrogens with zero attached hydrogens (tertiary/aromatic N) is 1. The van der Waals surface area contributed by atoms with Gasteiger partial charge in [-0.05, 0) is 30.3 Å². The molecule has 0 spiro atoms. The van der Waals surface area contributed by atoms with Gasteiger partial charge in [0.05, 0.1) is 5.97 Å². The van der Waals surface area contributed by atoms with E-state index in [-0.39, 0.29) is 17.3 Å². The van der Waals surface area contributed by atoms with E-state index in [4.69, 9.17) is 9.47 Å². The lowest BCUT2D eigenvalue weighted by Gasteiger charge is -2.09. The van der Waals surface area contributed by atoms with E-state index in [2.05, 4.69) is 4.99 Å². The zero-order valence-corrected chi connectivity index (χ0v) is 12.8. The van der Waals surface area contributed by atoms with Crippen LogP contribution in [-0.4, -0.2) is 24.4 Å². The molecule has 0 N–H and O–H groups in total. The zero-order valence-electron chi connectivity index (χ0n) is 12.8. The van der Waals surface area contributed by atoms with Crippen LogP contribution in [0.15, 0.2) is 59.2 Å². The third-order valence-corrected chi connectivity index (χ3v) is 3.25. The second-order valence-corrected chi connectivity index (χ2v) is 5.04. The maximum atomic E-state index is 13.3. The molecule has 2 aromatic carbocycles. The SMILES string of the molecule is O=C([O-])COc1ccccc1/C=C1\N=C(c2cccc(F)c2)OC1=O. The molecule has 1 heterocycles. The molecule has 2 aromatic rings. The van der Waals surface area contributed by atoms with Gasteiger partial charge in [-0.2, -0.15) is 0 Å². The number of aliphatic imine (C=N–C) groups is 1. The van der Waals surface area contributed by atoms with Gasteiger partial charge in [0.15, 0.2) is 5.70 Å². The Balaban J connectivity index is 1.91. The van der Waals surface area contributed by atoms with Crippen LogP contribution in [0.1, 0.15) is 11.1 Å². The van der Waals surface area contributed by atoms with Gasteiger partial charge in [0.25, 0.3) is 0 Å². The highest BCUT2D eigenvalue weighted by molar-refractivity contribution is 6.12. The topological polar surface area (TPSA) is 88.0 Å². The average Bonchev–Trinajstić information content (AvgIpc) is 2.95. The Bertz CT molecular complexity index is 904. The van der Waals surface area contributed by atoms with Crippen molar-refractivity contribution in [3.05, 3.63) is 71.2 Å². The van der Waals surface area contributed by atoms with Crippen LogP contribution in [0.3, 0.4) is 0 Å². The van der Waals surface area contributed by atoms with E-state index < -0.39 is 24.4 Å². The summed E-state index contributed by atoms with van der Waals surface area (Å²) in [6, 6.07) is 12.0. The van der Waals surface area contributed by atoms with Crippen molar-refractivity contribution in [2.45, 2.75) is 0 Å². The summed E-state index contributed by atoms with van der Waals surface area (Å²) in [6.07, 6.45) is 1.40. The van der Waals surface area contributed by atoms with Gasteiger partial charge in [0.2, 0.25) is 5.90 Å². The van der Waals surface area contributed by atoms with Crippen molar-refractivity contribution in [2.75, 3.05) is 6.61 Å². The predicted molar refractivity (Wildman–Crippen MR) is 84.0 cm³/mol. The molecule has 0 unspecified atom stereocenters. The molecular weight excluding hydrogens is 329 g/mol. The smallest absolute Gasteiger partial charge is 0.363 e. The van der Waals surface area contributed by atoms with Crippen LogP contribution in [0, 0.1) is 5.82 Å². The van der Waals surface area contributed by atoms with Crippen molar-refractivity contribution >= 4 is 23.9 Å². The first-order valence-electron chi connectivity index (χ1n) is 7.23. The van der Waals surface area contributed by atoms with Crippen LogP contribution in [0.2, 0.25) is 0 Å². The Kier molecular flexibility index (Phi) is 4.56. The number of para-hydroxylation sites is 1. The first-order chi connectivity index (χ1) is 12.0. The summed E-state index contributed by atoms with van der Waals surface area (Å²) in [5, 5.41) is 10.5. The van der Waals surface area contributed by atoms with E-state index in [0.717, 1.165) is 0 Å². The van der Waals surface area contributed by atoms with Crippen molar-refractivity contribution < 1.29 is 28.6 Å². The summed E-state index contributed by atoms with van der Waals surface area (Å²) >= 11 is 0. The van der Waals surface area contributed by atoms with Gasteiger partial charge in [0, 0.05) is 11.1 Å². The van der Waals surface area contributed by atoms with Gasteiger partial charge in [-0.1, -0.05) is 24.3 Å². The second-order valence-electron chi connectivity index (χ2n) is 5.04. The maximum Gasteiger partial charge on any atom is 0.363 e. The number of rotatable bonds is 5. The molecule has 126 valence electrons. The van der Waals surface area contributed by atoms with Crippen LogP contribution in [0.25, 0.3) is 6.08 Å². The van der Waals surface area contributed by atoms with Crippen LogP contribution in [-0.2, 0) is 14.3 Å². The number of aliphatic carboxylic acids is 1. The van der Waals surface area contributed by atoms with Crippen molar-refractivity contribution in [1.29, 1.82) is 0 Å². The fourth-order valence-corrected chi connectivity index (χ4v) is 2.17. The minimum absolute atomic E-state index is 0.0103. The monoisotopic (exact) mass is 340 g/mol. The summed E-state index contributed by atoms with van der Waals surface area (Å²) in [5.41, 5.74) is 0.766. The normalized spacial score (nSPS) is 15.0. The highest BCUT2D eigenvalue weighted by Gasteiger charge is 2.24. The molecule has 0 atom stereocenters. The lowest BCUT2D eigenvalue weighted by atomic mass is 10.1. The number of carboxylic acid groups (broad SMARTS) is 1. The average molecular weight is 340 g/mol. The van der Waals surface area contributed by atoms with Gasteiger partial charge < -0.3 is 19.4 Å². The number of ether oxygens (including phenoxy) is 2. The molecule has 1 aliphatic heterocycles. The third-order valence-electron chi connectivity index (χ3n) is 3.25. The largest absolute Gasteiger partial charge is 0.546 e. The number of hydrogen-bond donors (Lipinski definition) is 0. The fraction of sp³-hybridized carbons (Fsp3) is 0.0556. The van der Waals surface area contributed by atoms with Gasteiger partial charge in [-0.15, -0.1) is 0 Å². The van der Waals surface area contributed by atoms with E-state index in [0.29, 0.717) is 11.1 Å². The molecule has 0 aromatic heterocycles. The molecule has 0 saturated carbocycles. The van der Waals surface area contributed by atoms with E-state index in [1.165, 1.54) is 24.3 Å². The second kappa shape index (κ2) is 6.96. The summed E-state index contributed by atoms with van der Waals surface area (Å²) in [7, 11) is 0. The molecule has 6 nitrogen and oxygen atoms in total. The Morgan fingerprint density at radius 1 is 1.24 bits per heavy atom. The third kappa shape index (κ3) is 3.89. The molecule has 0 saturated heterocycles. The van der Waals surface area contributed by atoms with E-state index in [1.54, 1.807) is 30.3 Å². The standard InChI is InChI=1S/C18H12FNO5/c19-13-6-3-5-12(8-13)17-20-14(18(23)25-17)9-11-4-1-2-7-15(11)24-10-16(21)22/h1-9H,10H2,(H,21,22)/p-1/b14-9-. The molecule has 0 aliphatic carbocycles. The lowest BCUT2D eigenvalue weighted by Crippen LogP contribution is -2.29. The maximum absolute atomic E-state index is 13.3. The molecular formula is C18H11FNO5-. The summed E-state index contributed by atoms with van der Waals surface area (Å²) in [5.74, 6) is -2.30. The Morgan fingerprint density at radius 3 is 2.80 bits per heavy atom. The molecule has 7 heteroatoms. The lowest BCUT2D eigenvalue weighted by molar-refractivity contribution is -0.307. The van der Waals surface area contributed by atoms with Crippen LogP contribution < -0.4 is 9.84 Å². The van der Waals surface area contributed by atoms with Crippen LogP contribution in [0.4, 0.5) is 4.39 Å². The number of carboxylic acids is 1. The minimum Gasteiger partial charge on any atom is -0.546 e. The molecule has 1 aliphatic rings. The van der Waals surface area contributed by atoms with E-state index in [1.807, 2.05) is 0 Å². The molecule has 0 fully saturated rings. The molecule has 0 bridgehead atoms.